The van der Waals surface area contributed by atoms with E-state index in [1.54, 1.807) is 7.05 Å². The second-order valence-corrected chi connectivity index (χ2v) is 5.98. The van der Waals surface area contributed by atoms with E-state index in [0.29, 0.717) is 12.0 Å². The van der Waals surface area contributed by atoms with Crippen molar-refractivity contribution in [3.8, 4) is 0 Å². The predicted molar refractivity (Wildman–Crippen MR) is 99.1 cm³/mol. The number of nitrogens with zero attached hydrogens (tertiary/aromatic N) is 1. The number of hydrogen-bond donors (Lipinski definition) is 2. The van der Waals surface area contributed by atoms with E-state index in [0.717, 1.165) is 31.6 Å². The summed E-state index contributed by atoms with van der Waals surface area (Å²) in [5, 5.41) is 6.68. The normalized spacial score (nSPS) is 13.3. The molecule has 5 heteroatoms. The SMILES string of the molecule is CN=C(NCCOCC(C)C)NC(C)CCC(C)C.I. The van der Waals surface area contributed by atoms with Crippen LogP contribution < -0.4 is 10.6 Å². The van der Waals surface area contributed by atoms with Gasteiger partial charge < -0.3 is 15.4 Å². The Morgan fingerprint density at radius 1 is 1.05 bits per heavy atom. The Hall–Kier alpha value is -0.0400. The van der Waals surface area contributed by atoms with Crippen molar-refractivity contribution in [1.29, 1.82) is 0 Å². The molecule has 0 fully saturated rings. The molecule has 0 saturated heterocycles. The Kier molecular flexibility index (Phi) is 15.5. The quantitative estimate of drug-likeness (QED) is 0.271. The van der Waals surface area contributed by atoms with Gasteiger partial charge in [-0.05, 0) is 31.6 Å². The summed E-state index contributed by atoms with van der Waals surface area (Å²) >= 11 is 0. The molecule has 0 bridgehead atoms. The number of guanidine groups is 1. The molecule has 0 aromatic carbocycles. The van der Waals surface area contributed by atoms with Gasteiger partial charge in [0.1, 0.15) is 0 Å². The van der Waals surface area contributed by atoms with Crippen LogP contribution in [-0.2, 0) is 4.74 Å². The van der Waals surface area contributed by atoms with Crippen molar-refractivity contribution in [2.24, 2.45) is 16.8 Å². The molecule has 1 unspecified atom stereocenters. The lowest BCUT2D eigenvalue weighted by atomic mass is 10.0. The van der Waals surface area contributed by atoms with Crippen LogP contribution in [0.5, 0.6) is 0 Å². The maximum atomic E-state index is 5.53. The van der Waals surface area contributed by atoms with Crippen LogP contribution in [0, 0.1) is 11.8 Å². The summed E-state index contributed by atoms with van der Waals surface area (Å²) in [7, 11) is 1.81. The van der Waals surface area contributed by atoms with Gasteiger partial charge in [-0.25, -0.2) is 0 Å². The Labute approximate surface area is 142 Å². The first kappa shape index (κ1) is 22.2. The number of nitrogens with one attached hydrogen (secondary N) is 2. The maximum Gasteiger partial charge on any atom is 0.191 e. The van der Waals surface area contributed by atoms with Crippen molar-refractivity contribution >= 4 is 29.9 Å². The molecule has 0 saturated carbocycles. The highest BCUT2D eigenvalue weighted by atomic mass is 127. The molecule has 0 rings (SSSR count). The standard InChI is InChI=1S/C15H33N3O.HI/c1-12(2)7-8-14(5)18-15(16-6)17-9-10-19-11-13(3)4;/h12-14H,7-11H2,1-6H3,(H2,16,17,18);1H. The van der Waals surface area contributed by atoms with Crippen LogP contribution in [0.1, 0.15) is 47.5 Å². The molecule has 4 nitrogen and oxygen atoms in total. The second-order valence-electron chi connectivity index (χ2n) is 5.98. The average molecular weight is 399 g/mol. The molecule has 0 aromatic heterocycles. The van der Waals surface area contributed by atoms with E-state index in [-0.39, 0.29) is 24.0 Å². The van der Waals surface area contributed by atoms with Gasteiger partial charge in [-0.3, -0.25) is 4.99 Å². The molecule has 0 aliphatic heterocycles. The van der Waals surface area contributed by atoms with Crippen LogP contribution >= 0.6 is 24.0 Å². The minimum atomic E-state index is 0. The number of ether oxygens (including phenoxy) is 1. The third-order valence-electron chi connectivity index (χ3n) is 2.77. The first-order chi connectivity index (χ1) is 8.95. The minimum Gasteiger partial charge on any atom is -0.379 e. The van der Waals surface area contributed by atoms with Crippen LogP contribution in [0.3, 0.4) is 0 Å². The largest absolute Gasteiger partial charge is 0.379 e. The van der Waals surface area contributed by atoms with Crippen LogP contribution in [0.15, 0.2) is 4.99 Å². The van der Waals surface area contributed by atoms with Crippen LogP contribution in [0.25, 0.3) is 0 Å². The average Bonchev–Trinajstić information content (AvgIpc) is 2.34. The monoisotopic (exact) mass is 399 g/mol. The molecule has 0 radical (unpaired) electrons. The zero-order valence-electron chi connectivity index (χ0n) is 14.0. The molecule has 0 spiro atoms. The topological polar surface area (TPSA) is 45.7 Å². The summed E-state index contributed by atoms with van der Waals surface area (Å²) in [5.41, 5.74) is 0. The Balaban J connectivity index is 0. The molecule has 1 atom stereocenters. The van der Waals surface area contributed by atoms with Crippen molar-refractivity contribution < 1.29 is 4.74 Å². The fraction of sp³-hybridized carbons (Fsp3) is 0.933. The zero-order chi connectivity index (χ0) is 14.7. The van der Waals surface area contributed by atoms with Crippen LogP contribution in [0.2, 0.25) is 0 Å². The lowest BCUT2D eigenvalue weighted by Gasteiger charge is -2.18. The molecule has 0 heterocycles. The molecular weight excluding hydrogens is 365 g/mol. The van der Waals surface area contributed by atoms with E-state index < -0.39 is 0 Å². The fourth-order valence-corrected chi connectivity index (χ4v) is 1.64. The molecular formula is C15H34IN3O. The van der Waals surface area contributed by atoms with Gasteiger partial charge in [0.05, 0.1) is 6.61 Å². The van der Waals surface area contributed by atoms with Crippen LogP contribution in [0.4, 0.5) is 0 Å². The Bertz CT molecular complexity index is 245. The van der Waals surface area contributed by atoms with Gasteiger partial charge in [-0.15, -0.1) is 24.0 Å². The Morgan fingerprint density at radius 3 is 2.20 bits per heavy atom. The zero-order valence-corrected chi connectivity index (χ0v) is 16.4. The molecule has 0 aliphatic carbocycles. The number of aliphatic imine (C=N–C) groups is 1. The third kappa shape index (κ3) is 14.4. The summed E-state index contributed by atoms with van der Waals surface area (Å²) in [4.78, 5) is 4.23. The lowest BCUT2D eigenvalue weighted by molar-refractivity contribution is 0.114. The minimum absolute atomic E-state index is 0. The summed E-state index contributed by atoms with van der Waals surface area (Å²) in [5.74, 6) is 2.21. The lowest BCUT2D eigenvalue weighted by Crippen LogP contribution is -2.43. The first-order valence-corrected chi connectivity index (χ1v) is 7.50. The van der Waals surface area contributed by atoms with E-state index in [2.05, 4.69) is 50.2 Å². The van der Waals surface area contributed by atoms with Gasteiger partial charge >= 0.3 is 0 Å². The van der Waals surface area contributed by atoms with Gasteiger partial charge in [0.2, 0.25) is 0 Å². The molecule has 0 aliphatic rings. The number of halogens is 1. The Morgan fingerprint density at radius 2 is 1.70 bits per heavy atom. The van der Waals surface area contributed by atoms with Gasteiger partial charge in [-0.2, -0.15) is 0 Å². The van der Waals surface area contributed by atoms with Crippen molar-refractivity contribution in [2.45, 2.75) is 53.5 Å². The van der Waals surface area contributed by atoms with E-state index in [1.807, 2.05) is 0 Å². The van der Waals surface area contributed by atoms with E-state index in [9.17, 15) is 0 Å². The van der Waals surface area contributed by atoms with Gasteiger partial charge in [0.15, 0.2) is 5.96 Å². The third-order valence-corrected chi connectivity index (χ3v) is 2.77. The maximum absolute atomic E-state index is 5.53. The summed E-state index contributed by atoms with van der Waals surface area (Å²) in [6, 6.07) is 0.449. The highest BCUT2D eigenvalue weighted by Crippen LogP contribution is 2.06. The predicted octanol–water partition coefficient (Wildman–Crippen LogP) is 3.27. The molecule has 20 heavy (non-hydrogen) atoms. The van der Waals surface area contributed by atoms with Crippen molar-refractivity contribution in [3.05, 3.63) is 0 Å². The van der Waals surface area contributed by atoms with Crippen molar-refractivity contribution in [1.82, 2.24) is 10.6 Å². The molecule has 122 valence electrons. The number of rotatable bonds is 9. The van der Waals surface area contributed by atoms with Crippen molar-refractivity contribution in [3.63, 3.8) is 0 Å². The highest BCUT2D eigenvalue weighted by Gasteiger charge is 2.05. The van der Waals surface area contributed by atoms with Crippen molar-refractivity contribution in [2.75, 3.05) is 26.8 Å². The van der Waals surface area contributed by atoms with Gasteiger partial charge in [0, 0.05) is 26.2 Å². The highest BCUT2D eigenvalue weighted by molar-refractivity contribution is 14.0. The molecule has 0 amide bonds. The summed E-state index contributed by atoms with van der Waals surface area (Å²) in [6.45, 7) is 13.4. The van der Waals surface area contributed by atoms with E-state index >= 15 is 0 Å². The van der Waals surface area contributed by atoms with Crippen LogP contribution in [-0.4, -0.2) is 38.8 Å². The number of hydrogen-bond acceptors (Lipinski definition) is 2. The van der Waals surface area contributed by atoms with E-state index in [4.69, 9.17) is 4.74 Å². The summed E-state index contributed by atoms with van der Waals surface area (Å²) < 4.78 is 5.53. The smallest absolute Gasteiger partial charge is 0.191 e. The van der Waals surface area contributed by atoms with Gasteiger partial charge in [-0.1, -0.05) is 27.7 Å². The summed E-state index contributed by atoms with van der Waals surface area (Å²) in [6.07, 6.45) is 2.41. The molecule has 2 N–H and O–H groups in total. The van der Waals surface area contributed by atoms with Gasteiger partial charge in [0.25, 0.3) is 0 Å². The molecule has 0 aromatic rings. The fourth-order valence-electron chi connectivity index (χ4n) is 1.64. The second kappa shape index (κ2) is 13.9. The van der Waals surface area contributed by atoms with E-state index in [1.165, 1.54) is 12.8 Å². The first-order valence-electron chi connectivity index (χ1n) is 7.50.